The largest absolute Gasteiger partial charge is 0.206 e. The van der Waals surface area contributed by atoms with Crippen molar-refractivity contribution in [1.82, 2.24) is 0 Å². The summed E-state index contributed by atoms with van der Waals surface area (Å²) in [5.74, 6) is -2.12. The number of benzene rings is 4. The highest BCUT2D eigenvalue weighted by molar-refractivity contribution is 5.88. The summed E-state index contributed by atoms with van der Waals surface area (Å²) in [4.78, 5) is 0. The lowest BCUT2D eigenvalue weighted by atomic mass is 9.97. The molecule has 0 heterocycles. The van der Waals surface area contributed by atoms with E-state index in [1.54, 1.807) is 18.2 Å². The highest BCUT2D eigenvalue weighted by Gasteiger charge is 2.11. The first kappa shape index (κ1) is 18.3. The second kappa shape index (κ2) is 7.51. The summed E-state index contributed by atoms with van der Waals surface area (Å²) in [6, 6.07) is 20.6. The normalized spacial score (nSPS) is 11.1. The molecule has 0 radical (unpaired) electrons. The first-order chi connectivity index (χ1) is 13.6. The quantitative estimate of drug-likeness (QED) is 0.345. The molecule has 140 valence electrons. The Morgan fingerprint density at radius 3 is 2.07 bits per heavy atom. The summed E-state index contributed by atoms with van der Waals surface area (Å²) in [6.45, 7) is 2.14. The Balaban J connectivity index is 1.70. The van der Waals surface area contributed by atoms with Gasteiger partial charge < -0.3 is 0 Å². The maximum atomic E-state index is 14.8. The van der Waals surface area contributed by atoms with Crippen LogP contribution < -0.4 is 0 Å². The van der Waals surface area contributed by atoms with Crippen LogP contribution in [0.2, 0.25) is 0 Å². The van der Waals surface area contributed by atoms with Gasteiger partial charge >= 0.3 is 0 Å². The number of hydrogen-bond donors (Lipinski definition) is 0. The van der Waals surface area contributed by atoms with Crippen molar-refractivity contribution in [1.29, 1.82) is 0 Å². The zero-order valence-electron chi connectivity index (χ0n) is 15.5. The third-order valence-corrected chi connectivity index (χ3v) is 5.01. The highest BCUT2D eigenvalue weighted by Crippen LogP contribution is 2.31. The Morgan fingerprint density at radius 2 is 1.36 bits per heavy atom. The van der Waals surface area contributed by atoms with E-state index in [9.17, 15) is 13.2 Å². The van der Waals surface area contributed by atoms with Gasteiger partial charge in [0, 0.05) is 10.9 Å². The summed E-state index contributed by atoms with van der Waals surface area (Å²) in [6.07, 6.45) is 2.12. The molecule has 0 N–H and O–H groups in total. The van der Waals surface area contributed by atoms with Crippen LogP contribution in [-0.2, 0) is 6.42 Å². The van der Waals surface area contributed by atoms with E-state index in [0.717, 1.165) is 30.0 Å². The second-order valence-corrected chi connectivity index (χ2v) is 6.94. The Bertz CT molecular complexity index is 1140. The molecular formula is C25H19F3. The molecule has 0 bridgehead atoms. The van der Waals surface area contributed by atoms with E-state index in [2.05, 4.69) is 19.1 Å². The fourth-order valence-electron chi connectivity index (χ4n) is 3.51. The molecule has 0 atom stereocenters. The topological polar surface area (TPSA) is 0 Å². The van der Waals surface area contributed by atoms with Gasteiger partial charge in [-0.1, -0.05) is 67.9 Å². The molecule has 28 heavy (non-hydrogen) atoms. The molecule has 4 rings (SSSR count). The van der Waals surface area contributed by atoms with Gasteiger partial charge in [0.2, 0.25) is 0 Å². The van der Waals surface area contributed by atoms with E-state index in [1.807, 2.05) is 18.2 Å². The van der Waals surface area contributed by atoms with Gasteiger partial charge in [-0.05, 0) is 52.3 Å². The number of halogens is 3. The molecule has 0 spiro atoms. The Morgan fingerprint density at radius 1 is 0.643 bits per heavy atom. The lowest BCUT2D eigenvalue weighted by Crippen LogP contribution is -1.90. The lowest BCUT2D eigenvalue weighted by molar-refractivity contribution is 0.517. The van der Waals surface area contributed by atoms with Gasteiger partial charge in [0.1, 0.15) is 5.82 Å². The van der Waals surface area contributed by atoms with Crippen molar-refractivity contribution in [2.75, 3.05) is 0 Å². The predicted molar refractivity (Wildman–Crippen MR) is 109 cm³/mol. The standard InChI is InChI=1S/C25H19F3/c1-2-3-16-4-6-17(7-5-16)18-8-11-21(24(27)15-18)19-9-12-22-20(14-19)10-13-23(26)25(22)28/h4-15H,2-3H2,1H3. The van der Waals surface area contributed by atoms with Crippen molar-refractivity contribution in [2.45, 2.75) is 19.8 Å². The van der Waals surface area contributed by atoms with Crippen molar-refractivity contribution in [3.05, 3.63) is 95.8 Å². The zero-order valence-corrected chi connectivity index (χ0v) is 15.5. The molecule has 0 aliphatic rings. The van der Waals surface area contributed by atoms with Crippen LogP contribution in [0.5, 0.6) is 0 Å². The Labute approximate surface area is 162 Å². The number of aryl methyl sites for hydroxylation is 1. The minimum Gasteiger partial charge on any atom is -0.206 e. The minimum absolute atomic E-state index is 0.188. The van der Waals surface area contributed by atoms with Crippen LogP contribution in [0.4, 0.5) is 13.2 Å². The molecule has 3 heteroatoms. The molecule has 0 nitrogen and oxygen atoms in total. The number of hydrogen-bond acceptors (Lipinski definition) is 0. The van der Waals surface area contributed by atoms with Gasteiger partial charge in [0.25, 0.3) is 0 Å². The molecule has 0 saturated heterocycles. The maximum Gasteiger partial charge on any atom is 0.166 e. The lowest BCUT2D eigenvalue weighted by Gasteiger charge is -2.09. The van der Waals surface area contributed by atoms with Crippen molar-refractivity contribution < 1.29 is 13.2 Å². The van der Waals surface area contributed by atoms with E-state index in [1.165, 1.54) is 23.8 Å². The molecule has 0 aliphatic carbocycles. The van der Waals surface area contributed by atoms with E-state index in [4.69, 9.17) is 0 Å². The monoisotopic (exact) mass is 376 g/mol. The Hall–Kier alpha value is -3.07. The minimum atomic E-state index is -0.888. The van der Waals surface area contributed by atoms with Gasteiger partial charge in [-0.3, -0.25) is 0 Å². The second-order valence-electron chi connectivity index (χ2n) is 6.94. The third-order valence-electron chi connectivity index (χ3n) is 5.01. The molecule has 0 aromatic heterocycles. The van der Waals surface area contributed by atoms with Gasteiger partial charge in [-0.15, -0.1) is 0 Å². The zero-order chi connectivity index (χ0) is 19.7. The highest BCUT2D eigenvalue weighted by atomic mass is 19.2. The van der Waals surface area contributed by atoms with Crippen LogP contribution >= 0.6 is 0 Å². The maximum absolute atomic E-state index is 14.8. The molecule has 4 aromatic carbocycles. The van der Waals surface area contributed by atoms with E-state index < -0.39 is 11.6 Å². The van der Waals surface area contributed by atoms with Gasteiger partial charge in [-0.25, -0.2) is 13.2 Å². The molecule has 0 amide bonds. The number of rotatable bonds is 4. The predicted octanol–water partition coefficient (Wildman–Crippen LogP) is 7.54. The summed E-state index contributed by atoms with van der Waals surface area (Å²) in [7, 11) is 0. The summed E-state index contributed by atoms with van der Waals surface area (Å²) in [5.41, 5.74) is 4.08. The first-order valence-electron chi connectivity index (χ1n) is 9.34. The summed E-state index contributed by atoms with van der Waals surface area (Å²) < 4.78 is 42.1. The van der Waals surface area contributed by atoms with Crippen LogP contribution in [0.25, 0.3) is 33.0 Å². The van der Waals surface area contributed by atoms with Crippen LogP contribution in [-0.4, -0.2) is 0 Å². The molecule has 4 aromatic rings. The van der Waals surface area contributed by atoms with E-state index >= 15 is 0 Å². The van der Waals surface area contributed by atoms with Crippen molar-refractivity contribution in [3.8, 4) is 22.3 Å². The molecule has 0 unspecified atom stereocenters. The SMILES string of the molecule is CCCc1ccc(-c2ccc(-c3ccc4c(F)c(F)ccc4c3)c(F)c2)cc1. The van der Waals surface area contributed by atoms with E-state index in [0.29, 0.717) is 16.5 Å². The van der Waals surface area contributed by atoms with Crippen molar-refractivity contribution in [2.24, 2.45) is 0 Å². The van der Waals surface area contributed by atoms with Gasteiger partial charge in [-0.2, -0.15) is 0 Å². The van der Waals surface area contributed by atoms with Gasteiger partial charge in [0.05, 0.1) is 0 Å². The molecular weight excluding hydrogens is 357 g/mol. The van der Waals surface area contributed by atoms with E-state index in [-0.39, 0.29) is 11.2 Å². The number of fused-ring (bicyclic) bond motifs is 1. The Kier molecular flexibility index (Phi) is 4.91. The van der Waals surface area contributed by atoms with Crippen molar-refractivity contribution >= 4 is 10.8 Å². The molecule has 0 fully saturated rings. The fraction of sp³-hybridized carbons (Fsp3) is 0.120. The fourth-order valence-corrected chi connectivity index (χ4v) is 3.51. The molecule has 0 saturated carbocycles. The third kappa shape index (κ3) is 3.40. The average Bonchev–Trinajstić information content (AvgIpc) is 2.71. The van der Waals surface area contributed by atoms with Crippen LogP contribution in [0.15, 0.2) is 72.8 Å². The van der Waals surface area contributed by atoms with Crippen LogP contribution in [0.1, 0.15) is 18.9 Å². The van der Waals surface area contributed by atoms with Crippen LogP contribution in [0.3, 0.4) is 0 Å². The van der Waals surface area contributed by atoms with Crippen LogP contribution in [0, 0.1) is 17.5 Å². The molecule has 0 aliphatic heterocycles. The average molecular weight is 376 g/mol. The van der Waals surface area contributed by atoms with Crippen molar-refractivity contribution in [3.63, 3.8) is 0 Å². The van der Waals surface area contributed by atoms with Gasteiger partial charge in [0.15, 0.2) is 11.6 Å². The summed E-state index contributed by atoms with van der Waals surface area (Å²) >= 11 is 0. The smallest absolute Gasteiger partial charge is 0.166 e. The first-order valence-corrected chi connectivity index (χ1v) is 9.34. The summed E-state index contributed by atoms with van der Waals surface area (Å²) in [5, 5.41) is 0.722.